The molecule has 0 saturated carbocycles. The molecule has 7 heteroatoms. The fraction of sp³-hybridized carbons (Fsp3) is 0.529. The lowest BCUT2D eigenvalue weighted by Crippen LogP contribution is -2.38. The van der Waals surface area contributed by atoms with Gasteiger partial charge in [-0.3, -0.25) is 4.79 Å². The average Bonchev–Trinajstić information content (AvgIpc) is 3.23. The van der Waals surface area contributed by atoms with Crippen LogP contribution < -0.4 is 10.6 Å². The minimum Gasteiger partial charge on any atom is -0.423 e. The number of halogens is 1. The first-order valence-corrected chi connectivity index (χ1v) is 8.36. The van der Waals surface area contributed by atoms with Crippen molar-refractivity contribution in [1.82, 2.24) is 4.98 Å². The zero-order valence-corrected chi connectivity index (χ0v) is 13.3. The molecule has 128 valence electrons. The normalized spacial score (nSPS) is 25.5. The molecule has 2 fully saturated rings. The summed E-state index contributed by atoms with van der Waals surface area (Å²) in [5.74, 6) is -0.329. The molecule has 2 aliphatic rings. The van der Waals surface area contributed by atoms with E-state index in [0.29, 0.717) is 23.9 Å². The lowest BCUT2D eigenvalue weighted by molar-refractivity contribution is -0.130. The Balaban J connectivity index is 1.40. The van der Waals surface area contributed by atoms with Crippen LogP contribution in [-0.4, -0.2) is 36.2 Å². The standard InChI is InChI=1S/C17H20FN3O3/c18-11-2-1-3-13-15(11)20-17(24-13)21-8-6-10(7-9-21)12-4-5-14(23-12)16(19)22/h1-3,10,12,14H,4-9H2,(H2,19,22)/t12-,14+/m0/s1. The number of primary amides is 1. The maximum absolute atomic E-state index is 13.7. The molecule has 2 N–H and O–H groups in total. The van der Waals surface area contributed by atoms with Crippen molar-refractivity contribution in [2.45, 2.75) is 37.9 Å². The number of nitrogens with zero attached hydrogens (tertiary/aromatic N) is 2. The zero-order valence-electron chi connectivity index (χ0n) is 13.3. The van der Waals surface area contributed by atoms with E-state index in [4.69, 9.17) is 14.9 Å². The van der Waals surface area contributed by atoms with Crippen molar-refractivity contribution in [3.63, 3.8) is 0 Å². The van der Waals surface area contributed by atoms with Gasteiger partial charge in [-0.15, -0.1) is 0 Å². The van der Waals surface area contributed by atoms with Crippen LogP contribution in [0.5, 0.6) is 0 Å². The molecule has 24 heavy (non-hydrogen) atoms. The number of benzene rings is 1. The predicted molar refractivity (Wildman–Crippen MR) is 86.0 cm³/mol. The number of oxazole rings is 1. The molecule has 0 radical (unpaired) electrons. The third kappa shape index (κ3) is 2.73. The molecule has 0 bridgehead atoms. The molecule has 0 unspecified atom stereocenters. The van der Waals surface area contributed by atoms with Crippen molar-refractivity contribution in [2.75, 3.05) is 18.0 Å². The van der Waals surface area contributed by atoms with Crippen LogP contribution in [0.15, 0.2) is 22.6 Å². The van der Waals surface area contributed by atoms with Gasteiger partial charge < -0.3 is 19.8 Å². The monoisotopic (exact) mass is 333 g/mol. The highest BCUT2D eigenvalue weighted by molar-refractivity contribution is 5.79. The number of fused-ring (bicyclic) bond motifs is 1. The molecule has 2 aliphatic heterocycles. The second kappa shape index (κ2) is 6.05. The van der Waals surface area contributed by atoms with Crippen LogP contribution in [0, 0.1) is 11.7 Å². The molecular weight excluding hydrogens is 313 g/mol. The van der Waals surface area contributed by atoms with Gasteiger partial charge in [-0.2, -0.15) is 4.98 Å². The lowest BCUT2D eigenvalue weighted by Gasteiger charge is -2.33. The summed E-state index contributed by atoms with van der Waals surface area (Å²) in [7, 11) is 0. The Bertz CT molecular complexity index is 755. The number of piperidine rings is 1. The number of para-hydroxylation sites is 1. The molecular formula is C17H20FN3O3. The predicted octanol–water partition coefficient (Wildman–Crippen LogP) is 2.22. The minimum absolute atomic E-state index is 0.103. The van der Waals surface area contributed by atoms with E-state index in [1.807, 2.05) is 4.90 Å². The summed E-state index contributed by atoms with van der Waals surface area (Å²) in [6, 6.07) is 5.19. The molecule has 2 atom stereocenters. The molecule has 1 aromatic heterocycles. The quantitative estimate of drug-likeness (QED) is 0.931. The Hall–Kier alpha value is -2.15. The van der Waals surface area contributed by atoms with E-state index in [1.54, 1.807) is 12.1 Å². The van der Waals surface area contributed by atoms with Gasteiger partial charge in [0.05, 0.1) is 6.10 Å². The van der Waals surface area contributed by atoms with Crippen LogP contribution in [0.25, 0.3) is 11.1 Å². The molecule has 2 saturated heterocycles. The van der Waals surface area contributed by atoms with Crippen LogP contribution in [0.3, 0.4) is 0 Å². The SMILES string of the molecule is NC(=O)[C@H]1CC[C@@H](C2CCN(c3nc4c(F)cccc4o3)CC2)O1. The van der Waals surface area contributed by atoms with E-state index in [-0.39, 0.29) is 23.3 Å². The average molecular weight is 333 g/mol. The number of rotatable bonds is 3. The summed E-state index contributed by atoms with van der Waals surface area (Å²) >= 11 is 0. The zero-order chi connectivity index (χ0) is 16.7. The van der Waals surface area contributed by atoms with Gasteiger partial charge in [0.1, 0.15) is 11.6 Å². The summed E-state index contributed by atoms with van der Waals surface area (Å²) in [5, 5.41) is 0. The number of aromatic nitrogens is 1. The lowest BCUT2D eigenvalue weighted by atomic mass is 9.90. The number of hydrogen-bond donors (Lipinski definition) is 1. The fourth-order valence-corrected chi connectivity index (χ4v) is 3.72. The van der Waals surface area contributed by atoms with Crippen molar-refractivity contribution in [2.24, 2.45) is 11.7 Å². The third-order valence-electron chi connectivity index (χ3n) is 5.06. The van der Waals surface area contributed by atoms with Gasteiger partial charge in [-0.25, -0.2) is 4.39 Å². The minimum atomic E-state index is -0.437. The van der Waals surface area contributed by atoms with Crippen LogP contribution >= 0.6 is 0 Å². The Morgan fingerprint density at radius 1 is 1.25 bits per heavy atom. The smallest absolute Gasteiger partial charge is 0.298 e. The van der Waals surface area contributed by atoms with Crippen molar-refractivity contribution >= 4 is 23.0 Å². The number of amides is 1. The van der Waals surface area contributed by atoms with Gasteiger partial charge in [-0.05, 0) is 43.7 Å². The molecule has 6 nitrogen and oxygen atoms in total. The first-order valence-electron chi connectivity index (χ1n) is 8.36. The van der Waals surface area contributed by atoms with Gasteiger partial charge in [0, 0.05) is 13.1 Å². The highest BCUT2D eigenvalue weighted by Gasteiger charge is 2.36. The molecule has 2 aromatic rings. The summed E-state index contributed by atoms with van der Waals surface area (Å²) in [5.41, 5.74) is 6.06. The first-order chi connectivity index (χ1) is 11.6. The van der Waals surface area contributed by atoms with Crippen LogP contribution in [0.2, 0.25) is 0 Å². The first kappa shape index (κ1) is 15.4. The number of carbonyl (C=O) groups excluding carboxylic acids is 1. The largest absolute Gasteiger partial charge is 0.423 e. The molecule has 0 spiro atoms. The molecule has 3 heterocycles. The fourth-order valence-electron chi connectivity index (χ4n) is 3.72. The highest BCUT2D eigenvalue weighted by atomic mass is 19.1. The van der Waals surface area contributed by atoms with E-state index >= 15 is 0 Å². The van der Waals surface area contributed by atoms with Gasteiger partial charge in [0.25, 0.3) is 6.01 Å². The second-order valence-corrected chi connectivity index (χ2v) is 6.55. The van der Waals surface area contributed by atoms with Gasteiger partial charge >= 0.3 is 0 Å². The Kier molecular flexibility index (Phi) is 3.88. The highest BCUT2D eigenvalue weighted by Crippen LogP contribution is 2.33. The van der Waals surface area contributed by atoms with Crippen LogP contribution in [0.1, 0.15) is 25.7 Å². The number of hydrogen-bond acceptors (Lipinski definition) is 5. The summed E-state index contributed by atoms with van der Waals surface area (Å²) in [4.78, 5) is 17.5. The molecule has 0 aliphatic carbocycles. The van der Waals surface area contributed by atoms with E-state index in [9.17, 15) is 9.18 Å². The van der Waals surface area contributed by atoms with Gasteiger partial charge in [0.2, 0.25) is 5.91 Å². The third-order valence-corrected chi connectivity index (χ3v) is 5.06. The van der Waals surface area contributed by atoms with Crippen molar-refractivity contribution in [3.05, 3.63) is 24.0 Å². The van der Waals surface area contributed by atoms with E-state index in [1.165, 1.54) is 6.07 Å². The Morgan fingerprint density at radius 3 is 2.71 bits per heavy atom. The number of ether oxygens (including phenoxy) is 1. The van der Waals surface area contributed by atoms with Gasteiger partial charge in [0.15, 0.2) is 11.4 Å². The van der Waals surface area contributed by atoms with E-state index in [0.717, 1.165) is 32.4 Å². The van der Waals surface area contributed by atoms with Gasteiger partial charge in [-0.1, -0.05) is 6.07 Å². The number of carbonyl (C=O) groups is 1. The molecule has 1 aromatic carbocycles. The summed E-state index contributed by atoms with van der Waals surface area (Å²) < 4.78 is 25.2. The maximum Gasteiger partial charge on any atom is 0.298 e. The number of nitrogens with two attached hydrogens (primary N) is 1. The molecule has 4 rings (SSSR count). The maximum atomic E-state index is 13.7. The van der Waals surface area contributed by atoms with Crippen molar-refractivity contribution in [1.29, 1.82) is 0 Å². The number of anilines is 1. The topological polar surface area (TPSA) is 81.6 Å². The van der Waals surface area contributed by atoms with E-state index < -0.39 is 6.10 Å². The van der Waals surface area contributed by atoms with Crippen LogP contribution in [-0.2, 0) is 9.53 Å². The van der Waals surface area contributed by atoms with Crippen molar-refractivity contribution < 1.29 is 18.3 Å². The van der Waals surface area contributed by atoms with E-state index in [2.05, 4.69) is 4.98 Å². The second-order valence-electron chi connectivity index (χ2n) is 6.55. The Labute approximate surface area is 138 Å². The Morgan fingerprint density at radius 2 is 2.04 bits per heavy atom. The summed E-state index contributed by atoms with van der Waals surface area (Å²) in [6.07, 6.45) is 3.12. The van der Waals surface area contributed by atoms with Crippen molar-refractivity contribution in [3.8, 4) is 0 Å². The summed E-state index contributed by atoms with van der Waals surface area (Å²) in [6.45, 7) is 1.56. The molecule has 1 amide bonds. The van der Waals surface area contributed by atoms with Crippen LogP contribution in [0.4, 0.5) is 10.4 Å².